The van der Waals surface area contributed by atoms with Crippen LogP contribution in [0.1, 0.15) is 25.2 Å². The van der Waals surface area contributed by atoms with Crippen molar-refractivity contribution in [1.29, 1.82) is 0 Å². The van der Waals surface area contributed by atoms with Crippen LogP contribution in [0.15, 0.2) is 36.4 Å². The van der Waals surface area contributed by atoms with Gasteiger partial charge in [0.25, 0.3) is 0 Å². The Balaban J connectivity index is 0.00000561. The third-order valence-electron chi connectivity index (χ3n) is 8.34. The molecule has 6 aromatic rings. The SMILES string of the molecule is CN(C)c1cc(-n2[c-]cc(-c3c(F)c(F)c(F)c(F)c3F)n2)nc(C(C)(C)c2cc(N(C)C)cc(-n3[c-]cc(-c4c(F)c(F)c(F)c(F)c4F)n3)n2)c1.[Pt+2]. The minimum atomic E-state index is -2.32. The average Bonchev–Trinajstić information content (AvgIpc) is 3.82. The van der Waals surface area contributed by atoms with E-state index in [0.29, 0.717) is 22.8 Å². The van der Waals surface area contributed by atoms with Gasteiger partial charge >= 0.3 is 21.1 Å². The van der Waals surface area contributed by atoms with E-state index in [1.807, 2.05) is 0 Å². The van der Waals surface area contributed by atoms with Crippen molar-refractivity contribution in [2.75, 3.05) is 38.0 Å². The molecule has 0 N–H and O–H groups in total. The third-order valence-corrected chi connectivity index (χ3v) is 8.34. The Morgan fingerprint density at radius 2 is 0.796 bits per heavy atom. The zero-order valence-corrected chi connectivity index (χ0v) is 30.9. The first-order valence-corrected chi connectivity index (χ1v) is 15.2. The van der Waals surface area contributed by atoms with Crippen LogP contribution < -0.4 is 9.80 Å². The van der Waals surface area contributed by atoms with Gasteiger partial charge in [-0.05, 0) is 37.4 Å². The number of anilines is 2. The molecule has 0 saturated heterocycles. The first-order chi connectivity index (χ1) is 24.8. The van der Waals surface area contributed by atoms with Gasteiger partial charge in [0.05, 0.1) is 11.6 Å². The molecule has 0 saturated carbocycles. The molecule has 0 atom stereocenters. The fraction of sp³-hybridized carbons (Fsp3) is 0.200. The summed E-state index contributed by atoms with van der Waals surface area (Å²) in [6.07, 6.45) is 5.19. The number of rotatable bonds is 8. The quantitative estimate of drug-likeness (QED) is 0.0678. The Kier molecular flexibility index (Phi) is 10.7. The Labute approximate surface area is 314 Å². The second kappa shape index (κ2) is 14.5. The molecule has 0 unspecified atom stereocenters. The molecular formula is C35H24F10N8Pt. The molecule has 4 aromatic heterocycles. The average molecular weight is 942 g/mol. The van der Waals surface area contributed by atoms with Gasteiger partial charge in [-0.25, -0.2) is 43.9 Å². The van der Waals surface area contributed by atoms with Crippen LogP contribution in [-0.4, -0.2) is 57.7 Å². The van der Waals surface area contributed by atoms with Crippen molar-refractivity contribution in [3.8, 4) is 34.2 Å². The van der Waals surface area contributed by atoms with Gasteiger partial charge in [0, 0.05) is 67.5 Å². The number of aromatic nitrogens is 6. The van der Waals surface area contributed by atoms with Crippen LogP contribution in [0.2, 0.25) is 0 Å². The predicted molar refractivity (Wildman–Crippen MR) is 172 cm³/mol. The molecular weight excluding hydrogens is 917 g/mol. The Hall–Kier alpha value is -5.25. The van der Waals surface area contributed by atoms with Crippen molar-refractivity contribution in [3.63, 3.8) is 0 Å². The molecule has 0 bridgehead atoms. The molecule has 6 rings (SSSR count). The predicted octanol–water partition coefficient (Wildman–Crippen LogP) is 7.63. The summed E-state index contributed by atoms with van der Waals surface area (Å²) >= 11 is 0. The molecule has 54 heavy (non-hydrogen) atoms. The summed E-state index contributed by atoms with van der Waals surface area (Å²) in [6.45, 7) is 3.48. The Morgan fingerprint density at radius 1 is 0.500 bits per heavy atom. The minimum absolute atomic E-state index is 0. The van der Waals surface area contributed by atoms with Crippen LogP contribution in [0.25, 0.3) is 34.2 Å². The van der Waals surface area contributed by atoms with Crippen molar-refractivity contribution in [2.45, 2.75) is 19.3 Å². The van der Waals surface area contributed by atoms with E-state index in [0.717, 1.165) is 21.5 Å². The largest absolute Gasteiger partial charge is 2.00 e. The first-order valence-electron chi connectivity index (χ1n) is 15.2. The molecule has 0 radical (unpaired) electrons. The van der Waals surface area contributed by atoms with Gasteiger partial charge in [-0.3, -0.25) is 20.2 Å². The van der Waals surface area contributed by atoms with Crippen LogP contribution in [0.5, 0.6) is 0 Å². The van der Waals surface area contributed by atoms with Crippen molar-refractivity contribution < 1.29 is 65.0 Å². The van der Waals surface area contributed by atoms with Crippen LogP contribution in [-0.2, 0) is 26.5 Å². The van der Waals surface area contributed by atoms with E-state index in [4.69, 9.17) is 0 Å². The number of hydrogen-bond donors (Lipinski definition) is 0. The summed E-state index contributed by atoms with van der Waals surface area (Å²) in [6, 6.07) is 8.32. The van der Waals surface area contributed by atoms with Crippen molar-refractivity contribution >= 4 is 11.4 Å². The maximum absolute atomic E-state index is 14.6. The van der Waals surface area contributed by atoms with Crippen molar-refractivity contribution in [3.05, 3.63) is 118 Å². The smallest absolute Gasteiger partial charge is 0.378 e. The maximum atomic E-state index is 14.6. The van der Waals surface area contributed by atoms with Crippen LogP contribution in [0.3, 0.4) is 0 Å². The normalized spacial score (nSPS) is 11.6. The number of hydrogen-bond acceptors (Lipinski definition) is 6. The van der Waals surface area contributed by atoms with Gasteiger partial charge in [-0.1, -0.05) is 24.5 Å². The topological polar surface area (TPSA) is 67.9 Å². The van der Waals surface area contributed by atoms with Gasteiger partial charge in [0.1, 0.15) is 0 Å². The number of halogens is 10. The van der Waals surface area contributed by atoms with E-state index in [1.165, 1.54) is 12.1 Å². The van der Waals surface area contributed by atoms with Gasteiger partial charge in [-0.15, -0.1) is 12.1 Å². The van der Waals surface area contributed by atoms with Gasteiger partial charge in [0.2, 0.25) is 0 Å². The zero-order valence-electron chi connectivity index (χ0n) is 28.6. The number of benzene rings is 2. The summed E-state index contributed by atoms with van der Waals surface area (Å²) < 4.78 is 143. The Bertz CT molecular complexity index is 2200. The standard InChI is InChI=1S/C35H24F10N8.Pt/c1-35(2,19-11-15(50(3)4)13-21(46-19)52-9-7-17(48-52)23-25(36)29(40)33(44)30(41)26(23)37)20-12-16(51(5)6)14-22(47-20)53-10-8-18(49-53)24-27(38)31(42)34(45)32(43)28(24)39;/h7-8,11-14H,1-6H3;/q-2;+2. The fourth-order valence-corrected chi connectivity index (χ4v) is 5.22. The van der Waals surface area contributed by atoms with Crippen LogP contribution in [0.4, 0.5) is 55.3 Å². The van der Waals surface area contributed by atoms with Crippen LogP contribution in [0, 0.1) is 70.6 Å². The number of pyridine rings is 2. The molecule has 4 heterocycles. The van der Waals surface area contributed by atoms with Crippen molar-refractivity contribution in [2.24, 2.45) is 0 Å². The van der Waals surface area contributed by atoms with Gasteiger partial charge in [0.15, 0.2) is 58.2 Å². The summed E-state index contributed by atoms with van der Waals surface area (Å²) in [5, 5.41) is 8.02. The molecule has 0 amide bonds. The van der Waals surface area contributed by atoms with Crippen LogP contribution >= 0.6 is 0 Å². The van der Waals surface area contributed by atoms with E-state index >= 15 is 0 Å². The van der Waals surface area contributed by atoms with E-state index in [1.54, 1.807) is 64.0 Å². The zero-order chi connectivity index (χ0) is 38.8. The summed E-state index contributed by atoms with van der Waals surface area (Å²) in [4.78, 5) is 12.8. The minimum Gasteiger partial charge on any atom is -0.378 e. The fourth-order valence-electron chi connectivity index (χ4n) is 5.22. The molecule has 0 aliphatic rings. The summed E-state index contributed by atoms with van der Waals surface area (Å²) in [5.74, 6) is -21.4. The molecule has 284 valence electrons. The molecule has 19 heteroatoms. The molecule has 0 spiro atoms. The molecule has 0 aliphatic carbocycles. The van der Waals surface area contributed by atoms with E-state index in [9.17, 15) is 43.9 Å². The third kappa shape index (κ3) is 6.71. The second-order valence-electron chi connectivity index (χ2n) is 12.6. The summed E-state index contributed by atoms with van der Waals surface area (Å²) in [7, 11) is 6.84. The second-order valence-corrected chi connectivity index (χ2v) is 12.6. The first kappa shape index (κ1) is 39.9. The van der Waals surface area contributed by atoms with Gasteiger partial charge in [-0.2, -0.15) is 0 Å². The molecule has 0 fully saturated rings. The van der Waals surface area contributed by atoms with E-state index < -0.39 is 86.1 Å². The monoisotopic (exact) mass is 941 g/mol. The molecule has 2 aromatic carbocycles. The number of nitrogens with zero attached hydrogens (tertiary/aromatic N) is 8. The van der Waals surface area contributed by atoms with E-state index in [-0.39, 0.29) is 32.7 Å². The van der Waals surface area contributed by atoms with Crippen molar-refractivity contribution in [1.82, 2.24) is 29.5 Å². The van der Waals surface area contributed by atoms with Gasteiger partial charge < -0.3 is 19.2 Å². The Morgan fingerprint density at radius 3 is 1.09 bits per heavy atom. The van der Waals surface area contributed by atoms with E-state index in [2.05, 4.69) is 32.6 Å². The summed E-state index contributed by atoms with van der Waals surface area (Å²) in [5.41, 5.74) is -3.09. The maximum Gasteiger partial charge on any atom is 2.00 e. The molecule has 8 nitrogen and oxygen atoms in total. The molecule has 0 aliphatic heterocycles.